The van der Waals surface area contributed by atoms with E-state index >= 15 is 0 Å². The Labute approximate surface area is 358 Å². The van der Waals surface area contributed by atoms with E-state index in [1.165, 1.54) is 18.2 Å². The van der Waals surface area contributed by atoms with Crippen molar-refractivity contribution in [2.75, 3.05) is 78.9 Å². The van der Waals surface area contributed by atoms with Crippen molar-refractivity contribution in [2.24, 2.45) is 16.2 Å². The summed E-state index contributed by atoms with van der Waals surface area (Å²) in [6.45, 7) is 16.4. The Kier molecular flexibility index (Phi) is 19.1. The molecule has 0 spiro atoms. The van der Waals surface area contributed by atoms with Gasteiger partial charge in [-0.05, 0) is 54.8 Å². The van der Waals surface area contributed by atoms with Crippen LogP contribution >= 0.6 is 0 Å². The second kappa shape index (κ2) is 23.4. The van der Waals surface area contributed by atoms with Gasteiger partial charge in [-0.2, -0.15) is 44.7 Å². The lowest BCUT2D eigenvalue weighted by atomic mass is 9.74. The second-order valence-electron chi connectivity index (χ2n) is 17.6. The fraction of sp³-hybridized carbons (Fsp3) is 0.600. The first-order chi connectivity index (χ1) is 28.9. The quantitative estimate of drug-likeness (QED) is 0.0776. The molecule has 13 nitrogen and oxygen atoms in total. The molecule has 0 bridgehead atoms. The van der Waals surface area contributed by atoms with E-state index in [0.717, 1.165) is 0 Å². The van der Waals surface area contributed by atoms with Crippen molar-refractivity contribution in [1.29, 1.82) is 31.6 Å². The summed E-state index contributed by atoms with van der Waals surface area (Å²) in [5.74, 6) is -2.84. The number of nitriles is 6. The normalized spacial score (nSPS) is 20.7. The largest absolute Gasteiger partial charge is 0.385 e. The Bertz CT molecular complexity index is 1840. The lowest BCUT2D eigenvalue weighted by Crippen LogP contribution is -2.35. The molecule has 326 valence electrons. The Morgan fingerprint density at radius 3 is 0.967 bits per heavy atom. The van der Waals surface area contributed by atoms with Crippen molar-refractivity contribution < 1.29 is 27.4 Å². The van der Waals surface area contributed by atoms with E-state index < -0.39 is 17.5 Å². The number of hydrogen-bond donors (Lipinski definition) is 3. The molecule has 3 N–H and O–H groups in total. The average molecular weight is 843 g/mol. The Morgan fingerprint density at radius 2 is 0.738 bits per heavy atom. The zero-order chi connectivity index (χ0) is 45.2. The van der Waals surface area contributed by atoms with Crippen LogP contribution < -0.4 is 16.0 Å². The van der Waals surface area contributed by atoms with Crippen molar-refractivity contribution in [3.05, 3.63) is 68.0 Å². The van der Waals surface area contributed by atoms with Crippen LogP contribution in [0.3, 0.4) is 0 Å². The van der Waals surface area contributed by atoms with E-state index in [0.29, 0.717) is 115 Å². The van der Waals surface area contributed by atoms with Crippen molar-refractivity contribution >= 4 is 0 Å². The van der Waals surface area contributed by atoms with Gasteiger partial charge in [-0.3, -0.25) is 4.90 Å². The first-order valence-electron chi connectivity index (χ1n) is 20.4. The van der Waals surface area contributed by atoms with Crippen molar-refractivity contribution in [2.45, 2.75) is 80.1 Å². The van der Waals surface area contributed by atoms with Gasteiger partial charge >= 0.3 is 0 Å². The van der Waals surface area contributed by atoms with E-state index in [1.54, 1.807) is 0 Å². The molecule has 0 aromatic rings. The van der Waals surface area contributed by atoms with Crippen LogP contribution in [0.25, 0.3) is 0 Å². The fourth-order valence-corrected chi connectivity index (χ4v) is 7.80. The number of nitrogens with one attached hydrogen (secondary N) is 3. The molecule has 0 heterocycles. The summed E-state index contributed by atoms with van der Waals surface area (Å²) in [5, 5.41) is 66.4. The maximum atomic E-state index is 14.4. The summed E-state index contributed by atoms with van der Waals surface area (Å²) in [6.07, 6.45) is 2.44. The van der Waals surface area contributed by atoms with Crippen LogP contribution in [0.1, 0.15) is 80.1 Å². The molecule has 0 aromatic carbocycles. The maximum absolute atomic E-state index is 14.4. The van der Waals surface area contributed by atoms with Crippen LogP contribution in [0, 0.1) is 84.2 Å². The number of hydrogen-bond acceptors (Lipinski definition) is 13. The molecule has 0 saturated heterocycles. The summed E-state index contributed by atoms with van der Waals surface area (Å²) in [6, 6.07) is 10.8. The van der Waals surface area contributed by atoms with E-state index in [9.17, 15) is 29.0 Å². The number of ether oxygens (including phenoxy) is 3. The zero-order valence-corrected chi connectivity index (χ0v) is 36.2. The predicted octanol–water partition coefficient (Wildman–Crippen LogP) is 7.14. The van der Waals surface area contributed by atoms with Crippen LogP contribution in [0.4, 0.5) is 13.2 Å². The van der Waals surface area contributed by atoms with Crippen LogP contribution in [0.2, 0.25) is 0 Å². The first kappa shape index (κ1) is 49.8. The molecular weight excluding hydrogens is 786 g/mol. The average Bonchev–Trinajstić information content (AvgIpc) is 3.21. The topological polar surface area (TPSA) is 210 Å². The standard InChI is InChI=1S/C45H57F3N10O3/c1-43(2)19-31(37(46)28-52)34(25-49)40(22-43)55-7-13-59-16-10-58(11-17-60-14-8-56-41-23-44(3,4)20-32(35(41)26-50)38(47)29-53)12-18-61-15-9-57-42-24-45(5,6)21-33(36(42)27-51)39(48)30-54/h55-57H,7-24H2,1-6H3/b37-31+,38-32+,39-33+. The number of nitrogens with zero attached hydrogens (tertiary/aromatic N) is 7. The van der Waals surface area contributed by atoms with Gasteiger partial charge in [-0.15, -0.1) is 0 Å². The molecule has 61 heavy (non-hydrogen) atoms. The lowest BCUT2D eigenvalue weighted by molar-refractivity contribution is 0.0548. The van der Waals surface area contributed by atoms with Crippen LogP contribution in [-0.2, 0) is 14.2 Å². The fourth-order valence-electron chi connectivity index (χ4n) is 7.80. The van der Waals surface area contributed by atoms with Gasteiger partial charge in [-0.25, -0.2) is 0 Å². The van der Waals surface area contributed by atoms with Gasteiger partial charge in [0.1, 0.15) is 36.4 Å². The van der Waals surface area contributed by atoms with Gasteiger partial charge in [0.05, 0.1) is 56.4 Å². The predicted molar refractivity (Wildman–Crippen MR) is 221 cm³/mol. The van der Waals surface area contributed by atoms with Crippen molar-refractivity contribution in [1.82, 2.24) is 20.9 Å². The summed E-state index contributed by atoms with van der Waals surface area (Å²) < 4.78 is 60.9. The van der Waals surface area contributed by atoms with Gasteiger partial charge in [0.2, 0.25) is 17.5 Å². The summed E-state index contributed by atoms with van der Waals surface area (Å²) >= 11 is 0. The monoisotopic (exact) mass is 842 g/mol. The van der Waals surface area contributed by atoms with E-state index in [-0.39, 0.29) is 68.9 Å². The molecule has 3 rings (SSSR count). The number of halogens is 3. The summed E-state index contributed by atoms with van der Waals surface area (Å²) in [7, 11) is 0. The van der Waals surface area contributed by atoms with Crippen molar-refractivity contribution in [3.63, 3.8) is 0 Å². The van der Waals surface area contributed by atoms with Crippen LogP contribution in [0.15, 0.2) is 68.0 Å². The molecule has 16 heteroatoms. The SMILES string of the molecule is CC1(C)CC(NCCOCCN(CCOCCNC2=C(C#N)/C(=C(/F)C#N)CC(C)(C)C2)CCOCCNC2=C(C#N)/C(=C(/F)C#N)CC(C)(C)C2)=C(C#N)/C(=C(/F)C#N)C1. The van der Waals surface area contributed by atoms with Gasteiger partial charge in [0, 0.05) is 73.1 Å². The third kappa shape index (κ3) is 15.1. The third-order valence-electron chi connectivity index (χ3n) is 10.6. The minimum absolute atomic E-state index is 0.120. The van der Waals surface area contributed by atoms with E-state index in [4.69, 9.17) is 30.0 Å². The zero-order valence-electron chi connectivity index (χ0n) is 36.2. The highest BCUT2D eigenvalue weighted by atomic mass is 19.1. The van der Waals surface area contributed by atoms with Gasteiger partial charge in [0.15, 0.2) is 0 Å². The smallest absolute Gasteiger partial charge is 0.204 e. The van der Waals surface area contributed by atoms with Crippen LogP contribution in [-0.4, -0.2) is 83.8 Å². The Hall–Kier alpha value is -5.59. The molecule has 0 saturated carbocycles. The van der Waals surface area contributed by atoms with Gasteiger partial charge in [-0.1, -0.05) is 41.5 Å². The van der Waals surface area contributed by atoms with Gasteiger partial charge < -0.3 is 30.2 Å². The molecular formula is C45H57F3N10O3. The molecule has 0 amide bonds. The molecule has 0 atom stereocenters. The highest BCUT2D eigenvalue weighted by Crippen LogP contribution is 2.44. The third-order valence-corrected chi connectivity index (χ3v) is 10.6. The number of rotatable bonds is 21. The molecule has 0 aliphatic heterocycles. The number of allylic oxidation sites excluding steroid dienone is 12. The highest BCUT2D eigenvalue weighted by molar-refractivity contribution is 5.53. The van der Waals surface area contributed by atoms with Gasteiger partial charge in [0.25, 0.3) is 0 Å². The lowest BCUT2D eigenvalue weighted by Gasteiger charge is -2.33. The molecule has 3 aliphatic rings. The second-order valence-corrected chi connectivity index (χ2v) is 17.6. The minimum atomic E-state index is -0.947. The molecule has 0 radical (unpaired) electrons. The summed E-state index contributed by atoms with van der Waals surface area (Å²) in [4.78, 5) is 2.11. The van der Waals surface area contributed by atoms with Crippen molar-refractivity contribution in [3.8, 4) is 36.4 Å². The van der Waals surface area contributed by atoms with Crippen LogP contribution in [0.5, 0.6) is 0 Å². The minimum Gasteiger partial charge on any atom is -0.385 e. The molecule has 0 unspecified atom stereocenters. The molecule has 0 aromatic heterocycles. The Morgan fingerprint density at radius 1 is 0.475 bits per heavy atom. The summed E-state index contributed by atoms with van der Waals surface area (Å²) in [5.41, 5.74) is 1.57. The molecule has 0 fully saturated rings. The molecule has 3 aliphatic carbocycles. The first-order valence-corrected chi connectivity index (χ1v) is 20.4. The highest BCUT2D eigenvalue weighted by Gasteiger charge is 2.35. The Balaban J connectivity index is 1.56. The van der Waals surface area contributed by atoms with E-state index in [1.807, 2.05) is 41.5 Å². The maximum Gasteiger partial charge on any atom is 0.204 e. The van der Waals surface area contributed by atoms with E-state index in [2.05, 4.69) is 39.1 Å².